The third-order valence-electron chi connectivity index (χ3n) is 5.02. The molecule has 1 aliphatic carbocycles. The summed E-state index contributed by atoms with van der Waals surface area (Å²) in [5.41, 5.74) is 3.12. The van der Waals surface area contributed by atoms with E-state index in [-0.39, 0.29) is 0 Å². The van der Waals surface area contributed by atoms with E-state index in [2.05, 4.69) is 48.3 Å². The molecule has 1 aliphatic heterocycles. The van der Waals surface area contributed by atoms with Crippen LogP contribution in [0.4, 0.5) is 0 Å². The van der Waals surface area contributed by atoms with Gasteiger partial charge in [-0.15, -0.1) is 0 Å². The summed E-state index contributed by atoms with van der Waals surface area (Å²) in [5, 5.41) is 3.94. The Bertz CT molecular complexity index is 416. The number of benzene rings is 1. The van der Waals surface area contributed by atoms with E-state index < -0.39 is 0 Å². The fourth-order valence-electron chi connectivity index (χ4n) is 3.81. The van der Waals surface area contributed by atoms with E-state index in [0.29, 0.717) is 12.1 Å². The Labute approximate surface area is 123 Å². The van der Waals surface area contributed by atoms with Gasteiger partial charge in [0.1, 0.15) is 0 Å². The van der Waals surface area contributed by atoms with Crippen LogP contribution in [-0.2, 0) is 12.8 Å². The van der Waals surface area contributed by atoms with E-state index in [4.69, 9.17) is 0 Å². The Morgan fingerprint density at radius 3 is 2.35 bits per heavy atom. The minimum absolute atomic E-state index is 0.669. The summed E-state index contributed by atoms with van der Waals surface area (Å²) in [5.74, 6) is 0. The highest BCUT2D eigenvalue weighted by molar-refractivity contribution is 5.33. The van der Waals surface area contributed by atoms with Gasteiger partial charge in [-0.25, -0.2) is 0 Å². The molecule has 1 aromatic rings. The number of hydrogen-bond acceptors (Lipinski definition) is 2. The van der Waals surface area contributed by atoms with Crippen molar-refractivity contribution in [1.29, 1.82) is 0 Å². The van der Waals surface area contributed by atoms with E-state index in [9.17, 15) is 0 Å². The Kier molecular flexibility index (Phi) is 4.42. The highest BCUT2D eigenvalue weighted by Gasteiger charge is 2.25. The van der Waals surface area contributed by atoms with Crippen LogP contribution < -0.4 is 5.32 Å². The van der Waals surface area contributed by atoms with Gasteiger partial charge in [-0.3, -0.25) is 0 Å². The molecular weight excluding hydrogens is 244 g/mol. The maximum Gasteiger partial charge on any atom is 0.0151 e. The second-order valence-electron chi connectivity index (χ2n) is 6.80. The van der Waals surface area contributed by atoms with E-state index in [1.54, 1.807) is 11.1 Å². The Morgan fingerprint density at radius 2 is 1.70 bits per heavy atom. The summed E-state index contributed by atoms with van der Waals surface area (Å²) in [6, 6.07) is 11.0. The van der Waals surface area contributed by atoms with Gasteiger partial charge in [-0.1, -0.05) is 24.3 Å². The normalized spacial score (nSPS) is 24.9. The zero-order chi connectivity index (χ0) is 13.9. The molecule has 2 nitrogen and oxygen atoms in total. The standard InChI is InChI=1S/C18H28N2/c1-14(2)20-10-5-8-17(9-11-20)19-18-12-15-6-3-4-7-16(15)13-18/h3-4,6-7,14,17-19H,5,8-13H2,1-2H3. The lowest BCUT2D eigenvalue weighted by molar-refractivity contribution is 0.228. The molecule has 1 saturated heterocycles. The number of rotatable bonds is 3. The maximum absolute atomic E-state index is 3.94. The monoisotopic (exact) mass is 272 g/mol. The SMILES string of the molecule is CC(C)N1CCCC(NC2Cc3ccccc3C2)CC1. The number of nitrogens with zero attached hydrogens (tertiary/aromatic N) is 1. The third-order valence-corrected chi connectivity index (χ3v) is 5.02. The molecular formula is C18H28N2. The molecule has 0 spiro atoms. The zero-order valence-corrected chi connectivity index (χ0v) is 12.9. The van der Waals surface area contributed by atoms with Gasteiger partial charge in [0.2, 0.25) is 0 Å². The van der Waals surface area contributed by atoms with Crippen LogP contribution in [0.15, 0.2) is 24.3 Å². The summed E-state index contributed by atoms with van der Waals surface area (Å²) in [7, 11) is 0. The van der Waals surface area contributed by atoms with Crippen molar-refractivity contribution in [3.63, 3.8) is 0 Å². The molecule has 1 unspecified atom stereocenters. The van der Waals surface area contributed by atoms with Gasteiger partial charge < -0.3 is 10.2 Å². The summed E-state index contributed by atoms with van der Waals surface area (Å²) in [6.45, 7) is 7.18. The first-order valence-corrected chi connectivity index (χ1v) is 8.29. The highest BCUT2D eigenvalue weighted by Crippen LogP contribution is 2.23. The molecule has 2 heteroatoms. The van der Waals surface area contributed by atoms with Gasteiger partial charge in [0.15, 0.2) is 0 Å². The van der Waals surface area contributed by atoms with Crippen LogP contribution in [0.5, 0.6) is 0 Å². The second kappa shape index (κ2) is 6.28. The van der Waals surface area contributed by atoms with Gasteiger partial charge in [-0.05, 0) is 70.2 Å². The third kappa shape index (κ3) is 3.24. The van der Waals surface area contributed by atoms with Crippen LogP contribution in [0.3, 0.4) is 0 Å². The Morgan fingerprint density at radius 1 is 1.00 bits per heavy atom. The fourth-order valence-corrected chi connectivity index (χ4v) is 3.81. The Balaban J connectivity index is 1.52. The summed E-state index contributed by atoms with van der Waals surface area (Å²) in [6.07, 6.45) is 6.44. The summed E-state index contributed by atoms with van der Waals surface area (Å²) >= 11 is 0. The summed E-state index contributed by atoms with van der Waals surface area (Å²) < 4.78 is 0. The molecule has 0 aromatic heterocycles. The number of likely N-dealkylation sites (tertiary alicyclic amines) is 1. The minimum Gasteiger partial charge on any atom is -0.311 e. The van der Waals surface area contributed by atoms with E-state index in [1.165, 1.54) is 45.2 Å². The topological polar surface area (TPSA) is 15.3 Å². The van der Waals surface area contributed by atoms with Crippen molar-refractivity contribution in [2.45, 2.75) is 64.1 Å². The predicted molar refractivity (Wildman–Crippen MR) is 85.1 cm³/mol. The van der Waals surface area contributed by atoms with Gasteiger partial charge in [0.05, 0.1) is 0 Å². The lowest BCUT2D eigenvalue weighted by atomic mass is 10.1. The quantitative estimate of drug-likeness (QED) is 0.910. The van der Waals surface area contributed by atoms with Crippen molar-refractivity contribution in [3.8, 4) is 0 Å². The van der Waals surface area contributed by atoms with Gasteiger partial charge in [0.25, 0.3) is 0 Å². The van der Waals surface area contributed by atoms with Crippen LogP contribution in [0.2, 0.25) is 0 Å². The lowest BCUT2D eigenvalue weighted by Gasteiger charge is -2.25. The molecule has 1 aromatic carbocycles. The van der Waals surface area contributed by atoms with Crippen LogP contribution in [0.25, 0.3) is 0 Å². The lowest BCUT2D eigenvalue weighted by Crippen LogP contribution is -2.40. The van der Waals surface area contributed by atoms with Gasteiger partial charge in [-0.2, -0.15) is 0 Å². The average Bonchev–Trinajstić information content (AvgIpc) is 2.68. The van der Waals surface area contributed by atoms with Crippen molar-refractivity contribution in [3.05, 3.63) is 35.4 Å². The van der Waals surface area contributed by atoms with Gasteiger partial charge >= 0.3 is 0 Å². The molecule has 1 heterocycles. The minimum atomic E-state index is 0.669. The van der Waals surface area contributed by atoms with Crippen LogP contribution in [0.1, 0.15) is 44.2 Å². The van der Waals surface area contributed by atoms with Crippen molar-refractivity contribution >= 4 is 0 Å². The molecule has 0 radical (unpaired) electrons. The molecule has 1 fully saturated rings. The molecule has 1 atom stereocenters. The van der Waals surface area contributed by atoms with Crippen LogP contribution in [-0.4, -0.2) is 36.1 Å². The molecule has 0 bridgehead atoms. The summed E-state index contributed by atoms with van der Waals surface area (Å²) in [4.78, 5) is 2.63. The van der Waals surface area contributed by atoms with Crippen molar-refractivity contribution in [1.82, 2.24) is 10.2 Å². The Hall–Kier alpha value is -0.860. The second-order valence-corrected chi connectivity index (χ2v) is 6.80. The molecule has 0 saturated carbocycles. The molecule has 110 valence electrons. The number of nitrogens with one attached hydrogen (secondary N) is 1. The van der Waals surface area contributed by atoms with E-state index in [0.717, 1.165) is 6.04 Å². The first-order valence-electron chi connectivity index (χ1n) is 8.29. The molecule has 20 heavy (non-hydrogen) atoms. The van der Waals surface area contributed by atoms with E-state index in [1.807, 2.05) is 0 Å². The van der Waals surface area contributed by atoms with Crippen LogP contribution >= 0.6 is 0 Å². The molecule has 3 rings (SSSR count). The van der Waals surface area contributed by atoms with Crippen molar-refractivity contribution < 1.29 is 0 Å². The first-order chi connectivity index (χ1) is 9.72. The largest absolute Gasteiger partial charge is 0.311 e. The van der Waals surface area contributed by atoms with Crippen LogP contribution in [0, 0.1) is 0 Å². The zero-order valence-electron chi connectivity index (χ0n) is 12.9. The highest BCUT2D eigenvalue weighted by atomic mass is 15.1. The molecule has 2 aliphatic rings. The number of hydrogen-bond donors (Lipinski definition) is 1. The average molecular weight is 272 g/mol. The fraction of sp³-hybridized carbons (Fsp3) is 0.667. The van der Waals surface area contributed by atoms with Crippen molar-refractivity contribution in [2.24, 2.45) is 0 Å². The predicted octanol–water partition coefficient (Wildman–Crippen LogP) is 3.01. The van der Waals surface area contributed by atoms with Gasteiger partial charge in [0, 0.05) is 18.1 Å². The van der Waals surface area contributed by atoms with E-state index >= 15 is 0 Å². The number of fused-ring (bicyclic) bond motifs is 1. The molecule has 1 N–H and O–H groups in total. The maximum atomic E-state index is 3.94. The molecule has 0 amide bonds. The smallest absolute Gasteiger partial charge is 0.0151 e. The first kappa shape index (κ1) is 14.1. The van der Waals surface area contributed by atoms with Crippen molar-refractivity contribution in [2.75, 3.05) is 13.1 Å².